The fourth-order valence-electron chi connectivity index (χ4n) is 1.27. The van der Waals surface area contributed by atoms with E-state index in [1.807, 2.05) is 13.8 Å². The van der Waals surface area contributed by atoms with Crippen molar-refractivity contribution in [3.05, 3.63) is 0 Å². The molecule has 0 spiro atoms. The summed E-state index contributed by atoms with van der Waals surface area (Å²) in [4.78, 5) is 11.4. The zero-order chi connectivity index (χ0) is 11.7. The Balaban J connectivity index is 3.74. The Morgan fingerprint density at radius 2 is 2.00 bits per heavy atom. The molecule has 2 unspecified atom stereocenters. The molecule has 2 atom stereocenters. The van der Waals surface area contributed by atoms with Gasteiger partial charge in [-0.05, 0) is 32.7 Å². The second kappa shape index (κ2) is 8.68. The van der Waals surface area contributed by atoms with Gasteiger partial charge in [-0.25, -0.2) is 0 Å². The van der Waals surface area contributed by atoms with Gasteiger partial charge in [0.05, 0.1) is 12.7 Å². The molecule has 0 aromatic rings. The van der Waals surface area contributed by atoms with Gasteiger partial charge in [0.25, 0.3) is 0 Å². The van der Waals surface area contributed by atoms with E-state index in [9.17, 15) is 9.90 Å². The first-order valence-corrected chi connectivity index (χ1v) is 5.73. The number of hydrogen-bond donors (Lipinski definition) is 2. The van der Waals surface area contributed by atoms with Gasteiger partial charge in [-0.1, -0.05) is 13.8 Å². The molecule has 0 saturated carbocycles. The molecule has 0 fully saturated rings. The van der Waals surface area contributed by atoms with E-state index in [1.54, 1.807) is 6.92 Å². The largest absolute Gasteiger partial charge is 0.465 e. The van der Waals surface area contributed by atoms with Crippen molar-refractivity contribution >= 4 is 5.97 Å². The number of aliphatic hydroxyl groups excluding tert-OH is 1. The van der Waals surface area contributed by atoms with Gasteiger partial charge in [-0.3, -0.25) is 4.79 Å². The monoisotopic (exact) mass is 217 g/mol. The van der Waals surface area contributed by atoms with Crippen LogP contribution in [0, 0.1) is 0 Å². The zero-order valence-corrected chi connectivity index (χ0v) is 9.95. The lowest BCUT2D eigenvalue weighted by molar-refractivity contribution is -0.145. The second-order valence-electron chi connectivity index (χ2n) is 3.52. The second-order valence-corrected chi connectivity index (χ2v) is 3.52. The molecule has 0 aliphatic heterocycles. The summed E-state index contributed by atoms with van der Waals surface area (Å²) in [5.74, 6) is -0.203. The van der Waals surface area contributed by atoms with Crippen molar-refractivity contribution in [2.24, 2.45) is 0 Å². The van der Waals surface area contributed by atoms with Crippen LogP contribution < -0.4 is 5.32 Å². The van der Waals surface area contributed by atoms with E-state index in [0.29, 0.717) is 26.0 Å². The molecule has 0 aromatic carbocycles. The third-order valence-corrected chi connectivity index (χ3v) is 2.32. The van der Waals surface area contributed by atoms with Crippen LogP contribution in [0.4, 0.5) is 0 Å². The van der Waals surface area contributed by atoms with Crippen LogP contribution in [-0.2, 0) is 9.53 Å². The van der Waals surface area contributed by atoms with E-state index in [1.165, 1.54) is 0 Å². The van der Waals surface area contributed by atoms with Crippen LogP contribution in [0.25, 0.3) is 0 Å². The maximum atomic E-state index is 11.4. The van der Waals surface area contributed by atoms with Crippen molar-refractivity contribution in [3.8, 4) is 0 Å². The van der Waals surface area contributed by atoms with E-state index in [0.717, 1.165) is 6.42 Å². The summed E-state index contributed by atoms with van der Waals surface area (Å²) >= 11 is 0. The number of rotatable bonds is 8. The third kappa shape index (κ3) is 6.47. The predicted octanol–water partition coefficient (Wildman–Crippen LogP) is 1.08. The summed E-state index contributed by atoms with van der Waals surface area (Å²) in [6.07, 6.45) is 1.85. The average Bonchev–Trinajstić information content (AvgIpc) is 2.24. The number of nitrogens with one attached hydrogen (secondary N) is 1. The fourth-order valence-corrected chi connectivity index (χ4v) is 1.27. The minimum atomic E-state index is -0.280. The highest BCUT2D eigenvalue weighted by Crippen LogP contribution is 1.98. The highest BCUT2D eigenvalue weighted by molar-refractivity contribution is 5.75. The standard InChI is InChI=1S/C11H23NO3/c1-4-9(13)7-8-12-10(5-2)11(14)15-6-3/h9-10,12-13H,4-8H2,1-3H3. The summed E-state index contributed by atoms with van der Waals surface area (Å²) in [6, 6.07) is -0.242. The zero-order valence-electron chi connectivity index (χ0n) is 9.95. The normalized spacial score (nSPS) is 14.7. The average molecular weight is 217 g/mol. The Bertz CT molecular complexity index is 173. The van der Waals surface area contributed by atoms with Gasteiger partial charge in [0.1, 0.15) is 6.04 Å². The summed E-state index contributed by atoms with van der Waals surface area (Å²) < 4.78 is 4.91. The van der Waals surface area contributed by atoms with Gasteiger partial charge in [-0.15, -0.1) is 0 Å². The van der Waals surface area contributed by atoms with Gasteiger partial charge in [0.15, 0.2) is 0 Å². The molecule has 0 aromatic heterocycles. The summed E-state index contributed by atoms with van der Waals surface area (Å²) in [7, 11) is 0. The molecule has 90 valence electrons. The molecule has 2 N–H and O–H groups in total. The highest BCUT2D eigenvalue weighted by atomic mass is 16.5. The SMILES string of the molecule is CCOC(=O)C(CC)NCCC(O)CC. The van der Waals surface area contributed by atoms with Crippen LogP contribution in [0.15, 0.2) is 0 Å². The minimum Gasteiger partial charge on any atom is -0.465 e. The van der Waals surface area contributed by atoms with Crippen LogP contribution in [0.2, 0.25) is 0 Å². The number of esters is 1. The molecule has 4 nitrogen and oxygen atoms in total. The molecule has 0 aliphatic rings. The fraction of sp³-hybridized carbons (Fsp3) is 0.909. The van der Waals surface area contributed by atoms with E-state index < -0.39 is 0 Å². The summed E-state index contributed by atoms with van der Waals surface area (Å²) in [5, 5.41) is 12.4. The van der Waals surface area contributed by atoms with E-state index in [2.05, 4.69) is 5.32 Å². The van der Waals surface area contributed by atoms with Gasteiger partial charge in [-0.2, -0.15) is 0 Å². The van der Waals surface area contributed by atoms with Crippen molar-refractivity contribution in [1.29, 1.82) is 0 Å². The number of carbonyl (C=O) groups excluding carboxylic acids is 1. The summed E-state index contributed by atoms with van der Waals surface area (Å²) in [6.45, 7) is 6.73. The molecule has 15 heavy (non-hydrogen) atoms. The van der Waals surface area contributed by atoms with Gasteiger partial charge in [0.2, 0.25) is 0 Å². The number of ether oxygens (including phenoxy) is 1. The third-order valence-electron chi connectivity index (χ3n) is 2.32. The van der Waals surface area contributed by atoms with Crippen LogP contribution in [-0.4, -0.2) is 36.4 Å². The lowest BCUT2D eigenvalue weighted by atomic mass is 10.2. The summed E-state index contributed by atoms with van der Waals surface area (Å²) in [5.41, 5.74) is 0. The quantitative estimate of drug-likeness (QED) is 0.597. The first-order valence-electron chi connectivity index (χ1n) is 5.73. The molecule has 4 heteroatoms. The molecular weight excluding hydrogens is 194 g/mol. The molecule has 0 bridgehead atoms. The number of aliphatic hydroxyl groups is 1. The maximum Gasteiger partial charge on any atom is 0.323 e. The van der Waals surface area contributed by atoms with Gasteiger partial charge in [0, 0.05) is 0 Å². The Kier molecular flexibility index (Phi) is 8.33. The van der Waals surface area contributed by atoms with E-state index >= 15 is 0 Å². The first-order chi connectivity index (χ1) is 7.15. The highest BCUT2D eigenvalue weighted by Gasteiger charge is 2.16. The Morgan fingerprint density at radius 3 is 2.47 bits per heavy atom. The minimum absolute atomic E-state index is 0.203. The maximum absolute atomic E-state index is 11.4. The van der Waals surface area contributed by atoms with Crippen molar-refractivity contribution in [1.82, 2.24) is 5.32 Å². The first kappa shape index (κ1) is 14.4. The molecule has 0 heterocycles. The molecular formula is C11H23NO3. The molecule has 0 radical (unpaired) electrons. The van der Waals surface area contributed by atoms with Crippen molar-refractivity contribution in [2.75, 3.05) is 13.2 Å². The van der Waals surface area contributed by atoms with Gasteiger partial charge < -0.3 is 15.2 Å². The lowest BCUT2D eigenvalue weighted by Crippen LogP contribution is -2.38. The molecule has 0 amide bonds. The topological polar surface area (TPSA) is 58.6 Å². The smallest absolute Gasteiger partial charge is 0.323 e. The lowest BCUT2D eigenvalue weighted by Gasteiger charge is -2.16. The molecule has 0 saturated heterocycles. The van der Waals surface area contributed by atoms with Crippen molar-refractivity contribution < 1.29 is 14.6 Å². The van der Waals surface area contributed by atoms with Crippen molar-refractivity contribution in [3.63, 3.8) is 0 Å². The Morgan fingerprint density at radius 1 is 1.33 bits per heavy atom. The number of hydrogen-bond acceptors (Lipinski definition) is 4. The predicted molar refractivity (Wildman–Crippen MR) is 59.6 cm³/mol. The Labute approximate surface area is 92.0 Å². The van der Waals surface area contributed by atoms with Crippen LogP contribution in [0.5, 0.6) is 0 Å². The van der Waals surface area contributed by atoms with Gasteiger partial charge >= 0.3 is 5.97 Å². The van der Waals surface area contributed by atoms with Crippen LogP contribution >= 0.6 is 0 Å². The molecule has 0 rings (SSSR count). The molecule has 0 aliphatic carbocycles. The van der Waals surface area contributed by atoms with E-state index in [4.69, 9.17) is 4.74 Å². The van der Waals surface area contributed by atoms with Crippen LogP contribution in [0.1, 0.15) is 40.0 Å². The number of carbonyl (C=O) groups is 1. The van der Waals surface area contributed by atoms with Crippen LogP contribution in [0.3, 0.4) is 0 Å². The van der Waals surface area contributed by atoms with Crippen molar-refractivity contribution in [2.45, 2.75) is 52.2 Å². The Hall–Kier alpha value is -0.610. The van der Waals surface area contributed by atoms with E-state index in [-0.39, 0.29) is 18.1 Å².